The Bertz CT molecular complexity index is 691. The van der Waals surface area contributed by atoms with Crippen LogP contribution in [0, 0.1) is 12.8 Å². The first-order chi connectivity index (χ1) is 11.2. The number of carbonyl (C=O) groups excluding carboxylic acids is 1. The van der Waals surface area contributed by atoms with E-state index in [2.05, 4.69) is 20.3 Å². The molecule has 7 heteroatoms. The van der Waals surface area contributed by atoms with Crippen molar-refractivity contribution in [3.05, 3.63) is 11.9 Å². The van der Waals surface area contributed by atoms with Crippen LogP contribution in [0.2, 0.25) is 0 Å². The molecular weight excluding hydrogens is 294 g/mol. The van der Waals surface area contributed by atoms with Gasteiger partial charge in [0.25, 0.3) is 0 Å². The third-order valence-corrected chi connectivity index (χ3v) is 4.23. The summed E-state index contributed by atoms with van der Waals surface area (Å²) in [5.74, 6) is 1.06. The van der Waals surface area contributed by atoms with Gasteiger partial charge in [0.15, 0.2) is 11.3 Å². The summed E-state index contributed by atoms with van der Waals surface area (Å²) in [5.41, 5.74) is 2.12. The summed E-state index contributed by atoms with van der Waals surface area (Å²) >= 11 is 0. The molecule has 2 aromatic heterocycles. The van der Waals surface area contributed by atoms with Crippen molar-refractivity contribution in [3.63, 3.8) is 0 Å². The Kier molecular flexibility index (Phi) is 4.73. The highest BCUT2D eigenvalue weighted by atomic mass is 16.5. The van der Waals surface area contributed by atoms with Crippen LogP contribution >= 0.6 is 0 Å². The minimum atomic E-state index is -0.496. The number of carbonyl (C=O) groups is 1. The first kappa shape index (κ1) is 15.7. The lowest BCUT2D eigenvalue weighted by Gasteiger charge is -2.22. The van der Waals surface area contributed by atoms with E-state index in [1.807, 2.05) is 11.5 Å². The molecule has 3 rings (SSSR count). The van der Waals surface area contributed by atoms with Gasteiger partial charge in [-0.05, 0) is 32.6 Å². The SMILES string of the molecule is CCOC(=O)Nc1nc2ncc(C)nc2n1CC1CCCCC1. The molecule has 23 heavy (non-hydrogen) atoms. The van der Waals surface area contributed by atoms with Gasteiger partial charge in [-0.3, -0.25) is 9.88 Å². The van der Waals surface area contributed by atoms with E-state index in [0.29, 0.717) is 24.1 Å². The lowest BCUT2D eigenvalue weighted by atomic mass is 9.89. The Morgan fingerprint density at radius 3 is 2.87 bits per heavy atom. The molecule has 1 fully saturated rings. The monoisotopic (exact) mass is 317 g/mol. The molecule has 0 bridgehead atoms. The smallest absolute Gasteiger partial charge is 0.413 e. The van der Waals surface area contributed by atoms with Crippen LogP contribution in [0.3, 0.4) is 0 Å². The summed E-state index contributed by atoms with van der Waals surface area (Å²) in [6.07, 6.45) is 7.45. The van der Waals surface area contributed by atoms with Gasteiger partial charge >= 0.3 is 6.09 Å². The van der Waals surface area contributed by atoms with Crippen molar-refractivity contribution in [2.75, 3.05) is 11.9 Å². The summed E-state index contributed by atoms with van der Waals surface area (Å²) in [5, 5.41) is 2.72. The lowest BCUT2D eigenvalue weighted by Crippen LogP contribution is -2.20. The molecule has 0 radical (unpaired) electrons. The van der Waals surface area contributed by atoms with Gasteiger partial charge in [-0.25, -0.2) is 14.8 Å². The highest BCUT2D eigenvalue weighted by Gasteiger charge is 2.21. The Labute approximate surface area is 135 Å². The predicted molar refractivity (Wildman–Crippen MR) is 87.3 cm³/mol. The van der Waals surface area contributed by atoms with Crippen LogP contribution in [-0.2, 0) is 11.3 Å². The standard InChI is InChI=1S/C16H23N5O2/c1-3-23-16(22)20-15-19-13-14(18-11(2)9-17-13)21(15)10-12-7-5-4-6-8-12/h9,12H,3-8,10H2,1-2H3,(H,17,19,20,22). The van der Waals surface area contributed by atoms with Crippen LogP contribution in [0.4, 0.5) is 10.7 Å². The number of hydrogen-bond acceptors (Lipinski definition) is 5. The second-order valence-electron chi connectivity index (χ2n) is 6.05. The second-order valence-corrected chi connectivity index (χ2v) is 6.05. The topological polar surface area (TPSA) is 81.9 Å². The number of rotatable bonds is 4. The van der Waals surface area contributed by atoms with E-state index in [9.17, 15) is 4.79 Å². The second kappa shape index (κ2) is 6.93. The maximum Gasteiger partial charge on any atom is 0.413 e. The van der Waals surface area contributed by atoms with E-state index in [1.54, 1.807) is 13.1 Å². The summed E-state index contributed by atoms with van der Waals surface area (Å²) in [4.78, 5) is 25.1. The molecule has 0 aliphatic heterocycles. The molecule has 0 atom stereocenters. The minimum absolute atomic E-state index is 0.324. The zero-order valence-electron chi connectivity index (χ0n) is 13.7. The molecule has 2 heterocycles. The van der Waals surface area contributed by atoms with Crippen LogP contribution in [0.25, 0.3) is 11.3 Å². The van der Waals surface area contributed by atoms with Crippen LogP contribution in [-0.4, -0.2) is 32.2 Å². The summed E-state index contributed by atoms with van der Waals surface area (Å²) in [6.45, 7) is 4.81. The lowest BCUT2D eigenvalue weighted by molar-refractivity contribution is 0.167. The number of nitrogens with one attached hydrogen (secondary N) is 1. The van der Waals surface area contributed by atoms with Gasteiger partial charge < -0.3 is 4.74 Å². The maximum absolute atomic E-state index is 11.8. The number of ether oxygens (including phenoxy) is 1. The van der Waals surface area contributed by atoms with Crippen LogP contribution < -0.4 is 5.32 Å². The fraction of sp³-hybridized carbons (Fsp3) is 0.625. The number of fused-ring (bicyclic) bond motifs is 1. The number of hydrogen-bond donors (Lipinski definition) is 1. The molecule has 0 saturated heterocycles. The van der Waals surface area contributed by atoms with Crippen molar-refractivity contribution < 1.29 is 9.53 Å². The molecule has 1 saturated carbocycles. The minimum Gasteiger partial charge on any atom is -0.450 e. The molecule has 0 aromatic carbocycles. The highest BCUT2D eigenvalue weighted by Crippen LogP contribution is 2.28. The summed E-state index contributed by atoms with van der Waals surface area (Å²) in [6, 6.07) is 0. The van der Waals surface area contributed by atoms with Crippen molar-refractivity contribution >= 4 is 23.3 Å². The normalized spacial score (nSPS) is 15.7. The third-order valence-electron chi connectivity index (χ3n) is 4.23. The zero-order valence-corrected chi connectivity index (χ0v) is 13.7. The van der Waals surface area contributed by atoms with E-state index in [-0.39, 0.29) is 0 Å². The Hall–Kier alpha value is -2.18. The Balaban J connectivity index is 1.92. The van der Waals surface area contributed by atoms with E-state index in [4.69, 9.17) is 4.74 Å². The molecule has 1 N–H and O–H groups in total. The summed E-state index contributed by atoms with van der Waals surface area (Å²) in [7, 11) is 0. The fourth-order valence-corrected chi connectivity index (χ4v) is 3.13. The maximum atomic E-state index is 11.8. The van der Waals surface area contributed by atoms with Crippen LogP contribution in [0.15, 0.2) is 6.20 Å². The third kappa shape index (κ3) is 3.60. The van der Waals surface area contributed by atoms with Crippen molar-refractivity contribution in [3.8, 4) is 0 Å². The van der Waals surface area contributed by atoms with Crippen molar-refractivity contribution in [1.82, 2.24) is 19.5 Å². The van der Waals surface area contributed by atoms with E-state index < -0.39 is 6.09 Å². The van der Waals surface area contributed by atoms with Crippen LogP contribution in [0.5, 0.6) is 0 Å². The van der Waals surface area contributed by atoms with Crippen LogP contribution in [0.1, 0.15) is 44.7 Å². The molecular formula is C16H23N5O2. The summed E-state index contributed by atoms with van der Waals surface area (Å²) < 4.78 is 6.94. The van der Waals surface area contributed by atoms with E-state index in [1.165, 1.54) is 32.1 Å². The number of anilines is 1. The van der Waals surface area contributed by atoms with Crippen molar-refractivity contribution in [2.24, 2.45) is 5.92 Å². The number of nitrogens with zero attached hydrogens (tertiary/aromatic N) is 4. The quantitative estimate of drug-likeness (QED) is 0.935. The van der Waals surface area contributed by atoms with Gasteiger partial charge in [0.1, 0.15) is 0 Å². The number of aromatic nitrogens is 4. The Morgan fingerprint density at radius 1 is 1.35 bits per heavy atom. The van der Waals surface area contributed by atoms with Gasteiger partial charge in [0.05, 0.1) is 18.5 Å². The van der Waals surface area contributed by atoms with Gasteiger partial charge in [-0.1, -0.05) is 19.3 Å². The average molecular weight is 317 g/mol. The molecule has 1 aliphatic rings. The number of imidazole rings is 1. The van der Waals surface area contributed by atoms with Gasteiger partial charge in [0, 0.05) is 6.54 Å². The molecule has 124 valence electrons. The first-order valence-corrected chi connectivity index (χ1v) is 8.31. The zero-order chi connectivity index (χ0) is 16.2. The van der Waals surface area contributed by atoms with Crippen molar-refractivity contribution in [2.45, 2.75) is 52.5 Å². The van der Waals surface area contributed by atoms with Gasteiger partial charge in [0.2, 0.25) is 5.95 Å². The predicted octanol–water partition coefficient (Wildman–Crippen LogP) is 3.28. The largest absolute Gasteiger partial charge is 0.450 e. The molecule has 2 aromatic rings. The van der Waals surface area contributed by atoms with E-state index >= 15 is 0 Å². The van der Waals surface area contributed by atoms with E-state index in [0.717, 1.165) is 17.9 Å². The molecule has 1 aliphatic carbocycles. The average Bonchev–Trinajstić information content (AvgIpc) is 2.86. The highest BCUT2D eigenvalue weighted by molar-refractivity contribution is 5.85. The van der Waals surface area contributed by atoms with Crippen molar-refractivity contribution in [1.29, 1.82) is 0 Å². The molecule has 0 spiro atoms. The first-order valence-electron chi connectivity index (χ1n) is 8.31. The van der Waals surface area contributed by atoms with Gasteiger partial charge in [-0.2, -0.15) is 4.98 Å². The number of aryl methyl sites for hydroxylation is 1. The van der Waals surface area contributed by atoms with Gasteiger partial charge in [-0.15, -0.1) is 0 Å². The Morgan fingerprint density at radius 2 is 2.13 bits per heavy atom. The molecule has 7 nitrogen and oxygen atoms in total. The number of amides is 1. The fourth-order valence-electron chi connectivity index (χ4n) is 3.13. The molecule has 1 amide bonds. The molecule has 0 unspecified atom stereocenters.